The average molecular weight is 401 g/mol. The number of benzene rings is 3. The molecule has 7 heteroatoms. The fraction of sp³-hybridized carbons (Fsp3) is 0.0952. The van der Waals surface area contributed by atoms with Gasteiger partial charge in [0.15, 0.2) is 0 Å². The molecule has 3 rings (SSSR count). The predicted octanol–water partition coefficient (Wildman–Crippen LogP) is 5.17. The maximum absolute atomic E-state index is 13.1. The lowest BCUT2D eigenvalue weighted by Gasteiger charge is -2.12. The minimum atomic E-state index is -0.475. The van der Waals surface area contributed by atoms with Crippen molar-refractivity contribution >= 4 is 24.3 Å². The van der Waals surface area contributed by atoms with E-state index < -0.39 is 4.92 Å². The van der Waals surface area contributed by atoms with E-state index in [2.05, 4.69) is 4.99 Å². The van der Waals surface area contributed by atoms with E-state index in [0.717, 1.165) is 11.1 Å². The molecule has 1 N–H and O–H groups in total. The summed E-state index contributed by atoms with van der Waals surface area (Å²) in [5.41, 5.74) is 3.25. The summed E-state index contributed by atoms with van der Waals surface area (Å²) in [5, 5.41) is 21.7. The maximum atomic E-state index is 13.1. The van der Waals surface area contributed by atoms with E-state index in [1.54, 1.807) is 43.4 Å². The van der Waals surface area contributed by atoms with Crippen LogP contribution in [0, 0.1) is 15.9 Å². The highest BCUT2D eigenvalue weighted by molar-refractivity contribution is 5.89. The minimum absolute atomic E-state index is 0. The first-order chi connectivity index (χ1) is 13.0. The van der Waals surface area contributed by atoms with Crippen LogP contribution in [0.15, 0.2) is 65.7 Å². The molecular weight excluding hydrogens is 383 g/mol. The van der Waals surface area contributed by atoms with Gasteiger partial charge >= 0.3 is 0 Å². The molecule has 144 valence electrons. The van der Waals surface area contributed by atoms with E-state index >= 15 is 0 Å². The fourth-order valence-corrected chi connectivity index (χ4v) is 2.90. The van der Waals surface area contributed by atoms with Crippen molar-refractivity contribution < 1.29 is 14.4 Å². The summed E-state index contributed by atoms with van der Waals surface area (Å²) in [6, 6.07) is 15.9. The van der Waals surface area contributed by atoms with E-state index in [4.69, 9.17) is 0 Å². The lowest BCUT2D eigenvalue weighted by Crippen LogP contribution is -1.95. The highest BCUT2D eigenvalue weighted by Crippen LogP contribution is 2.35. The summed E-state index contributed by atoms with van der Waals surface area (Å²) >= 11 is 0. The summed E-state index contributed by atoms with van der Waals surface area (Å²) in [6.07, 6.45) is 2.05. The SMILES string of the molecule is C/N=C/c1cc(Cc2ccc(F)cc2)cc(-c2cccc([N+](=O)[O-])c2)c1O.Cl. The molecule has 0 fully saturated rings. The van der Waals surface area contributed by atoms with Gasteiger partial charge in [-0.2, -0.15) is 0 Å². The van der Waals surface area contributed by atoms with Crippen LogP contribution >= 0.6 is 12.4 Å². The monoisotopic (exact) mass is 400 g/mol. The zero-order valence-corrected chi connectivity index (χ0v) is 15.8. The number of hydrogen-bond donors (Lipinski definition) is 1. The first kappa shape index (κ1) is 21.1. The van der Waals surface area contributed by atoms with Crippen molar-refractivity contribution in [2.45, 2.75) is 6.42 Å². The largest absolute Gasteiger partial charge is 0.507 e. The second-order valence-electron chi connectivity index (χ2n) is 6.08. The molecule has 0 aromatic heterocycles. The van der Waals surface area contributed by atoms with E-state index in [1.807, 2.05) is 0 Å². The number of non-ortho nitro benzene ring substituents is 1. The van der Waals surface area contributed by atoms with Gasteiger partial charge in [-0.3, -0.25) is 15.1 Å². The average Bonchev–Trinajstić information content (AvgIpc) is 2.66. The first-order valence-electron chi connectivity index (χ1n) is 8.25. The fourth-order valence-electron chi connectivity index (χ4n) is 2.90. The zero-order valence-electron chi connectivity index (χ0n) is 15.0. The third-order valence-electron chi connectivity index (χ3n) is 4.16. The number of nitro benzene ring substituents is 1. The third kappa shape index (κ3) is 4.72. The van der Waals surface area contributed by atoms with Crippen molar-refractivity contribution in [2.24, 2.45) is 4.99 Å². The van der Waals surface area contributed by atoms with Gasteiger partial charge in [0.2, 0.25) is 0 Å². The van der Waals surface area contributed by atoms with Crippen LogP contribution in [-0.4, -0.2) is 23.3 Å². The van der Waals surface area contributed by atoms with Crippen molar-refractivity contribution in [3.05, 3.63) is 93.3 Å². The Hall–Kier alpha value is -3.25. The maximum Gasteiger partial charge on any atom is 0.270 e. The Morgan fingerprint density at radius 2 is 1.82 bits per heavy atom. The van der Waals surface area contributed by atoms with Crippen LogP contribution in [0.25, 0.3) is 11.1 Å². The lowest BCUT2D eigenvalue weighted by molar-refractivity contribution is -0.384. The van der Waals surface area contributed by atoms with Gasteiger partial charge in [0.25, 0.3) is 5.69 Å². The highest BCUT2D eigenvalue weighted by atomic mass is 35.5. The van der Waals surface area contributed by atoms with Gasteiger partial charge in [0.1, 0.15) is 11.6 Å². The Morgan fingerprint density at radius 1 is 1.11 bits per heavy atom. The van der Waals surface area contributed by atoms with Crippen LogP contribution in [0.3, 0.4) is 0 Å². The van der Waals surface area contributed by atoms with Crippen molar-refractivity contribution in [1.82, 2.24) is 0 Å². The molecule has 0 aliphatic carbocycles. The molecule has 0 heterocycles. The van der Waals surface area contributed by atoms with Crippen LogP contribution in [-0.2, 0) is 6.42 Å². The minimum Gasteiger partial charge on any atom is -0.507 e. The number of hydrogen-bond acceptors (Lipinski definition) is 4. The Bertz CT molecular complexity index is 1020. The number of phenolic OH excluding ortho intramolecular Hbond substituents is 1. The molecule has 0 aliphatic heterocycles. The Balaban J connectivity index is 0.00000280. The Labute approximate surface area is 167 Å². The molecule has 0 atom stereocenters. The normalized spacial score (nSPS) is 10.6. The number of nitro groups is 1. The number of aromatic hydroxyl groups is 1. The van der Waals surface area contributed by atoms with Gasteiger partial charge in [0.05, 0.1) is 4.92 Å². The van der Waals surface area contributed by atoms with Crippen LogP contribution < -0.4 is 0 Å². The van der Waals surface area contributed by atoms with Crippen molar-refractivity contribution in [3.8, 4) is 16.9 Å². The second-order valence-corrected chi connectivity index (χ2v) is 6.08. The summed E-state index contributed by atoms with van der Waals surface area (Å²) in [7, 11) is 1.60. The van der Waals surface area contributed by atoms with Crippen molar-refractivity contribution in [1.29, 1.82) is 0 Å². The lowest BCUT2D eigenvalue weighted by atomic mass is 9.95. The molecule has 3 aromatic carbocycles. The van der Waals surface area contributed by atoms with E-state index in [9.17, 15) is 19.6 Å². The predicted molar refractivity (Wildman–Crippen MR) is 110 cm³/mol. The van der Waals surface area contributed by atoms with Gasteiger partial charge in [0, 0.05) is 36.5 Å². The molecule has 0 aliphatic rings. The van der Waals surface area contributed by atoms with Gasteiger partial charge in [-0.25, -0.2) is 4.39 Å². The Morgan fingerprint density at radius 3 is 2.46 bits per heavy atom. The van der Waals surface area contributed by atoms with Crippen molar-refractivity contribution in [2.75, 3.05) is 7.05 Å². The highest BCUT2D eigenvalue weighted by Gasteiger charge is 2.14. The third-order valence-corrected chi connectivity index (χ3v) is 4.16. The molecule has 3 aromatic rings. The van der Waals surface area contributed by atoms with Crippen LogP contribution in [0.5, 0.6) is 5.75 Å². The van der Waals surface area contributed by atoms with Gasteiger partial charge < -0.3 is 5.11 Å². The molecule has 0 spiro atoms. The smallest absolute Gasteiger partial charge is 0.270 e. The summed E-state index contributed by atoms with van der Waals surface area (Å²) < 4.78 is 13.1. The van der Waals surface area contributed by atoms with E-state index in [0.29, 0.717) is 23.1 Å². The number of halogens is 2. The van der Waals surface area contributed by atoms with Gasteiger partial charge in [-0.05, 0) is 47.4 Å². The topological polar surface area (TPSA) is 75.7 Å². The summed E-state index contributed by atoms with van der Waals surface area (Å²) in [4.78, 5) is 14.6. The molecule has 5 nitrogen and oxygen atoms in total. The number of aliphatic imine (C=N–C) groups is 1. The van der Waals surface area contributed by atoms with Crippen LogP contribution in [0.4, 0.5) is 10.1 Å². The van der Waals surface area contributed by atoms with E-state index in [-0.39, 0.29) is 29.7 Å². The van der Waals surface area contributed by atoms with Crippen molar-refractivity contribution in [3.63, 3.8) is 0 Å². The zero-order chi connectivity index (χ0) is 19.4. The summed E-state index contributed by atoms with van der Waals surface area (Å²) in [5.74, 6) is -0.301. The first-order valence-corrected chi connectivity index (χ1v) is 8.25. The second kappa shape index (κ2) is 9.10. The number of rotatable bonds is 5. The van der Waals surface area contributed by atoms with E-state index in [1.165, 1.54) is 30.5 Å². The Kier molecular flexibility index (Phi) is 6.84. The molecule has 0 amide bonds. The molecular formula is C21H18ClFN2O3. The van der Waals surface area contributed by atoms with Gasteiger partial charge in [-0.1, -0.05) is 24.3 Å². The quantitative estimate of drug-likeness (QED) is 0.364. The standard InChI is InChI=1S/C21H17FN2O3.ClH/c1-23-13-17-10-15(9-14-5-7-18(22)8-6-14)11-20(21(17)25)16-3-2-4-19(12-16)24(26)27;/h2-8,10-13,25H,9H2,1H3;1H/b23-13+;. The molecule has 0 saturated heterocycles. The summed E-state index contributed by atoms with van der Waals surface area (Å²) in [6.45, 7) is 0. The van der Waals surface area contributed by atoms with Crippen LogP contribution in [0.2, 0.25) is 0 Å². The molecule has 0 bridgehead atoms. The number of nitrogens with zero attached hydrogens (tertiary/aromatic N) is 2. The molecule has 0 unspecified atom stereocenters. The molecule has 28 heavy (non-hydrogen) atoms. The number of phenols is 1. The molecule has 0 radical (unpaired) electrons. The molecule has 0 saturated carbocycles. The van der Waals surface area contributed by atoms with Crippen LogP contribution in [0.1, 0.15) is 16.7 Å². The van der Waals surface area contributed by atoms with Gasteiger partial charge in [-0.15, -0.1) is 12.4 Å².